The molecule has 0 aliphatic carbocycles. The van der Waals surface area contributed by atoms with E-state index in [1.165, 1.54) is 29.7 Å². The van der Waals surface area contributed by atoms with Gasteiger partial charge in [0.1, 0.15) is 5.82 Å². The van der Waals surface area contributed by atoms with Gasteiger partial charge in [0.05, 0.1) is 11.8 Å². The van der Waals surface area contributed by atoms with Crippen LogP contribution in [0.25, 0.3) is 16.5 Å². The van der Waals surface area contributed by atoms with Crippen molar-refractivity contribution < 1.29 is 9.18 Å². The zero-order valence-corrected chi connectivity index (χ0v) is 12.7. The summed E-state index contributed by atoms with van der Waals surface area (Å²) < 4.78 is 15.3. The Kier molecular flexibility index (Phi) is 3.98. The first-order valence-corrected chi connectivity index (χ1v) is 7.51. The number of nitrogens with zero attached hydrogens (tertiary/aromatic N) is 2. The molecule has 22 heavy (non-hydrogen) atoms. The van der Waals surface area contributed by atoms with Crippen molar-refractivity contribution >= 4 is 23.2 Å². The van der Waals surface area contributed by atoms with E-state index in [2.05, 4.69) is 5.10 Å². The standard InChI is InChI=1S/C17H13FN2OS/c1-20-11-12(10-19-20)16(21)8-6-13-7-9-17(22-13)14-4-2-3-5-15(14)18/h2-11H,1H3. The molecule has 110 valence electrons. The van der Waals surface area contributed by atoms with Gasteiger partial charge >= 0.3 is 0 Å². The van der Waals surface area contributed by atoms with Crippen molar-refractivity contribution in [1.82, 2.24) is 9.78 Å². The van der Waals surface area contributed by atoms with Crippen LogP contribution < -0.4 is 0 Å². The van der Waals surface area contributed by atoms with E-state index >= 15 is 0 Å². The fourth-order valence-electron chi connectivity index (χ4n) is 2.05. The predicted octanol–water partition coefficient (Wildman–Crippen LogP) is 4.18. The molecule has 0 N–H and O–H groups in total. The highest BCUT2D eigenvalue weighted by atomic mass is 32.1. The summed E-state index contributed by atoms with van der Waals surface area (Å²) >= 11 is 1.44. The Labute approximate surface area is 131 Å². The second-order valence-electron chi connectivity index (χ2n) is 4.78. The van der Waals surface area contributed by atoms with Crippen molar-refractivity contribution in [3.8, 4) is 10.4 Å². The quantitative estimate of drug-likeness (QED) is 0.535. The maximum Gasteiger partial charge on any atom is 0.189 e. The van der Waals surface area contributed by atoms with E-state index < -0.39 is 0 Å². The molecule has 0 fully saturated rings. The highest BCUT2D eigenvalue weighted by Crippen LogP contribution is 2.30. The molecule has 0 aliphatic rings. The Hall–Kier alpha value is -2.53. The number of hydrogen-bond donors (Lipinski definition) is 0. The van der Waals surface area contributed by atoms with Crippen LogP contribution in [0.3, 0.4) is 0 Å². The molecular weight excluding hydrogens is 299 g/mol. The largest absolute Gasteiger partial charge is 0.289 e. The van der Waals surface area contributed by atoms with Gasteiger partial charge in [0.15, 0.2) is 5.78 Å². The van der Waals surface area contributed by atoms with Crippen LogP contribution >= 0.6 is 11.3 Å². The van der Waals surface area contributed by atoms with Gasteiger partial charge < -0.3 is 0 Å². The smallest absolute Gasteiger partial charge is 0.189 e. The minimum atomic E-state index is -0.244. The highest BCUT2D eigenvalue weighted by molar-refractivity contribution is 7.16. The van der Waals surface area contributed by atoms with E-state index in [-0.39, 0.29) is 11.6 Å². The van der Waals surface area contributed by atoms with Gasteiger partial charge in [-0.15, -0.1) is 11.3 Å². The lowest BCUT2D eigenvalue weighted by Gasteiger charge is -1.97. The lowest BCUT2D eigenvalue weighted by Crippen LogP contribution is -1.91. The van der Waals surface area contributed by atoms with Crippen LogP contribution in [0.15, 0.2) is 54.9 Å². The summed E-state index contributed by atoms with van der Waals surface area (Å²) in [6.45, 7) is 0. The average Bonchev–Trinajstić information content (AvgIpc) is 3.14. The number of carbonyl (C=O) groups excluding carboxylic acids is 1. The van der Waals surface area contributed by atoms with Crippen LogP contribution in [-0.4, -0.2) is 15.6 Å². The Morgan fingerprint density at radius 2 is 2.09 bits per heavy atom. The fraction of sp³-hybridized carbons (Fsp3) is 0.0588. The molecule has 1 aromatic carbocycles. The van der Waals surface area contributed by atoms with Gasteiger partial charge in [0, 0.05) is 28.6 Å². The molecule has 5 heteroatoms. The van der Waals surface area contributed by atoms with Crippen molar-refractivity contribution in [3.63, 3.8) is 0 Å². The van der Waals surface area contributed by atoms with E-state index in [1.54, 1.807) is 42.2 Å². The molecule has 0 atom stereocenters. The van der Waals surface area contributed by atoms with E-state index in [0.717, 1.165) is 9.75 Å². The van der Waals surface area contributed by atoms with Crippen LogP contribution in [0.4, 0.5) is 4.39 Å². The Bertz CT molecular complexity index is 848. The first-order chi connectivity index (χ1) is 10.6. The number of allylic oxidation sites excluding steroid dienone is 1. The van der Waals surface area contributed by atoms with E-state index in [4.69, 9.17) is 0 Å². The molecule has 0 spiro atoms. The molecule has 2 aromatic heterocycles. The maximum absolute atomic E-state index is 13.7. The molecular formula is C17H13FN2OS. The number of ketones is 1. The van der Waals surface area contributed by atoms with Gasteiger partial charge in [0.25, 0.3) is 0 Å². The molecule has 3 rings (SSSR count). The predicted molar refractivity (Wildman–Crippen MR) is 86.3 cm³/mol. The van der Waals surface area contributed by atoms with Crippen molar-refractivity contribution in [1.29, 1.82) is 0 Å². The summed E-state index contributed by atoms with van der Waals surface area (Å²) in [5, 5.41) is 3.97. The number of rotatable bonds is 4. The molecule has 3 nitrogen and oxygen atoms in total. The minimum Gasteiger partial charge on any atom is -0.289 e. The number of carbonyl (C=O) groups is 1. The van der Waals surface area contributed by atoms with E-state index in [0.29, 0.717) is 11.1 Å². The van der Waals surface area contributed by atoms with E-state index in [1.807, 2.05) is 12.1 Å². The van der Waals surface area contributed by atoms with Crippen molar-refractivity contribution in [3.05, 3.63) is 71.1 Å². The number of halogens is 1. The summed E-state index contributed by atoms with van der Waals surface area (Å²) in [6.07, 6.45) is 6.45. The zero-order chi connectivity index (χ0) is 15.5. The summed E-state index contributed by atoms with van der Waals surface area (Å²) in [4.78, 5) is 13.7. The molecule has 3 aromatic rings. The molecule has 0 saturated heterocycles. The molecule has 0 amide bonds. The molecule has 0 unspecified atom stereocenters. The Morgan fingerprint density at radius 1 is 1.27 bits per heavy atom. The molecule has 0 aliphatic heterocycles. The fourth-order valence-corrected chi connectivity index (χ4v) is 2.99. The van der Waals surface area contributed by atoms with Crippen LogP contribution in [0.5, 0.6) is 0 Å². The Balaban J connectivity index is 1.79. The number of benzene rings is 1. The third-order valence-electron chi connectivity index (χ3n) is 3.15. The summed E-state index contributed by atoms with van der Waals surface area (Å²) in [6, 6.07) is 10.4. The van der Waals surface area contributed by atoms with Crippen LogP contribution in [0.2, 0.25) is 0 Å². The lowest BCUT2D eigenvalue weighted by molar-refractivity contribution is 0.104. The number of aryl methyl sites for hydroxylation is 1. The molecule has 2 heterocycles. The first-order valence-electron chi connectivity index (χ1n) is 6.69. The van der Waals surface area contributed by atoms with Crippen molar-refractivity contribution in [2.75, 3.05) is 0 Å². The second kappa shape index (κ2) is 6.07. The normalized spacial score (nSPS) is 11.2. The molecule has 0 bridgehead atoms. The minimum absolute atomic E-state index is 0.103. The SMILES string of the molecule is Cn1cc(C(=O)C=Cc2ccc(-c3ccccc3F)s2)cn1. The Morgan fingerprint density at radius 3 is 2.82 bits per heavy atom. The summed E-state index contributed by atoms with van der Waals surface area (Å²) in [7, 11) is 1.76. The third-order valence-corrected chi connectivity index (χ3v) is 4.24. The highest BCUT2D eigenvalue weighted by Gasteiger charge is 2.07. The topological polar surface area (TPSA) is 34.9 Å². The van der Waals surface area contributed by atoms with Gasteiger partial charge in [-0.2, -0.15) is 5.10 Å². The number of aromatic nitrogens is 2. The van der Waals surface area contributed by atoms with E-state index in [9.17, 15) is 9.18 Å². The third kappa shape index (κ3) is 3.04. The summed E-state index contributed by atoms with van der Waals surface area (Å²) in [5.41, 5.74) is 1.12. The average molecular weight is 312 g/mol. The zero-order valence-electron chi connectivity index (χ0n) is 11.9. The summed E-state index contributed by atoms with van der Waals surface area (Å²) in [5.74, 6) is -0.347. The van der Waals surface area contributed by atoms with Crippen molar-refractivity contribution in [2.24, 2.45) is 7.05 Å². The van der Waals surface area contributed by atoms with Crippen LogP contribution in [-0.2, 0) is 7.05 Å². The monoisotopic (exact) mass is 312 g/mol. The molecule has 0 saturated carbocycles. The van der Waals surface area contributed by atoms with Gasteiger partial charge in [-0.3, -0.25) is 9.48 Å². The first kappa shape index (κ1) is 14.4. The van der Waals surface area contributed by atoms with Crippen LogP contribution in [0, 0.1) is 5.82 Å². The van der Waals surface area contributed by atoms with Crippen LogP contribution in [0.1, 0.15) is 15.2 Å². The van der Waals surface area contributed by atoms with Gasteiger partial charge in [-0.1, -0.05) is 18.2 Å². The molecule has 0 radical (unpaired) electrons. The second-order valence-corrected chi connectivity index (χ2v) is 5.90. The van der Waals surface area contributed by atoms with Gasteiger partial charge in [-0.05, 0) is 30.4 Å². The maximum atomic E-state index is 13.7. The lowest BCUT2D eigenvalue weighted by atomic mass is 10.2. The van der Waals surface area contributed by atoms with Gasteiger partial charge in [-0.25, -0.2) is 4.39 Å². The van der Waals surface area contributed by atoms with Gasteiger partial charge in [0.2, 0.25) is 0 Å². The van der Waals surface area contributed by atoms with Crippen molar-refractivity contribution in [2.45, 2.75) is 0 Å². The number of thiophene rings is 1. The number of hydrogen-bond acceptors (Lipinski definition) is 3.